The fourth-order valence-electron chi connectivity index (χ4n) is 2.02. The first-order valence-corrected chi connectivity index (χ1v) is 8.99. The molecule has 1 rings (SSSR count). The second kappa shape index (κ2) is 9.33. The van der Waals surface area contributed by atoms with Crippen LogP contribution in [0.2, 0.25) is 0 Å². The largest absolute Gasteiger partial charge is 0.524 e. The second-order valence-electron chi connectivity index (χ2n) is 5.53. The van der Waals surface area contributed by atoms with Crippen molar-refractivity contribution < 1.29 is 48.6 Å². The molecule has 1 amide bonds. The molecule has 0 spiro atoms. The van der Waals surface area contributed by atoms with Crippen molar-refractivity contribution in [1.29, 1.82) is 0 Å². The Kier molecular flexibility index (Phi) is 7.73. The Morgan fingerprint density at radius 3 is 2.33 bits per heavy atom. The molecular formula is C14H19N2O10P. The lowest BCUT2D eigenvalue weighted by atomic mass is 10.0. The summed E-state index contributed by atoms with van der Waals surface area (Å²) in [7, 11) is -4.88. The minimum atomic E-state index is -4.88. The summed E-state index contributed by atoms with van der Waals surface area (Å²) in [5.74, 6) is -4.54. The number of phosphoric acid groups is 1. The van der Waals surface area contributed by atoms with Crippen molar-refractivity contribution in [2.24, 2.45) is 5.73 Å². The van der Waals surface area contributed by atoms with Gasteiger partial charge in [0.25, 0.3) is 0 Å². The highest BCUT2D eigenvalue weighted by Gasteiger charge is 2.25. The van der Waals surface area contributed by atoms with Gasteiger partial charge < -0.3 is 30.9 Å². The SMILES string of the molecule is N[C@@H](CCC(=O)O)C(=O)N[C@@H](Cc1ccc(OP(=O)(O)O)c(O)c1)C(=O)O. The summed E-state index contributed by atoms with van der Waals surface area (Å²) in [6.07, 6.45) is -0.819. The number of aliphatic carboxylic acids is 2. The van der Waals surface area contributed by atoms with E-state index in [1.165, 1.54) is 6.07 Å². The summed E-state index contributed by atoms with van der Waals surface area (Å²) in [6, 6.07) is 0.661. The number of phenolic OH excluding ortho intramolecular Hbond substituents is 1. The Morgan fingerprint density at radius 1 is 1.22 bits per heavy atom. The van der Waals surface area contributed by atoms with Gasteiger partial charge in [-0.3, -0.25) is 19.4 Å². The van der Waals surface area contributed by atoms with Gasteiger partial charge in [0.15, 0.2) is 11.5 Å². The molecule has 0 heterocycles. The van der Waals surface area contributed by atoms with Gasteiger partial charge in [0, 0.05) is 12.8 Å². The number of phosphoric ester groups is 1. The molecule has 13 heteroatoms. The minimum absolute atomic E-state index is 0.178. The second-order valence-corrected chi connectivity index (χ2v) is 6.69. The number of amides is 1. The number of carboxylic acids is 2. The van der Waals surface area contributed by atoms with Crippen LogP contribution in [0.4, 0.5) is 0 Å². The van der Waals surface area contributed by atoms with Gasteiger partial charge in [-0.15, -0.1) is 0 Å². The van der Waals surface area contributed by atoms with Crippen LogP contribution in [0, 0.1) is 0 Å². The number of carboxylic acid groups (broad SMARTS) is 2. The number of nitrogens with two attached hydrogens (primary N) is 1. The molecule has 8 N–H and O–H groups in total. The number of aromatic hydroxyl groups is 1. The smallest absolute Gasteiger partial charge is 0.504 e. The average Bonchev–Trinajstić information content (AvgIpc) is 2.53. The number of hydrogen-bond acceptors (Lipinski definition) is 7. The Balaban J connectivity index is 2.81. The molecule has 0 bridgehead atoms. The van der Waals surface area contributed by atoms with E-state index in [0.717, 1.165) is 12.1 Å². The fourth-order valence-corrected chi connectivity index (χ4v) is 2.43. The molecule has 0 unspecified atom stereocenters. The van der Waals surface area contributed by atoms with Gasteiger partial charge >= 0.3 is 19.8 Å². The van der Waals surface area contributed by atoms with Gasteiger partial charge in [-0.1, -0.05) is 6.07 Å². The van der Waals surface area contributed by atoms with E-state index < -0.39 is 49.3 Å². The first kappa shape index (κ1) is 22.4. The Hall–Kier alpha value is -2.66. The molecule has 12 nitrogen and oxygen atoms in total. The topological polar surface area (TPSA) is 217 Å². The molecule has 0 radical (unpaired) electrons. The molecule has 0 saturated carbocycles. The molecule has 0 aliphatic carbocycles. The molecule has 0 saturated heterocycles. The van der Waals surface area contributed by atoms with E-state index in [2.05, 4.69) is 9.84 Å². The number of carbonyl (C=O) groups excluding carboxylic acids is 1. The van der Waals surface area contributed by atoms with Crippen molar-refractivity contribution in [3.8, 4) is 11.5 Å². The van der Waals surface area contributed by atoms with Crippen molar-refractivity contribution in [2.75, 3.05) is 0 Å². The number of nitrogens with one attached hydrogen (secondary N) is 1. The first-order chi connectivity index (χ1) is 12.4. The van der Waals surface area contributed by atoms with Gasteiger partial charge in [-0.2, -0.15) is 0 Å². The van der Waals surface area contributed by atoms with Crippen molar-refractivity contribution in [3.63, 3.8) is 0 Å². The van der Waals surface area contributed by atoms with E-state index in [0.29, 0.717) is 0 Å². The number of benzene rings is 1. The third-order valence-electron chi connectivity index (χ3n) is 3.30. The van der Waals surface area contributed by atoms with Crippen LogP contribution >= 0.6 is 7.82 Å². The van der Waals surface area contributed by atoms with E-state index in [1.807, 2.05) is 0 Å². The summed E-state index contributed by atoms with van der Waals surface area (Å²) < 4.78 is 15.0. The molecule has 27 heavy (non-hydrogen) atoms. The average molecular weight is 406 g/mol. The van der Waals surface area contributed by atoms with Crippen molar-refractivity contribution >= 4 is 25.7 Å². The highest BCUT2D eigenvalue weighted by atomic mass is 31.2. The first-order valence-electron chi connectivity index (χ1n) is 7.46. The quantitative estimate of drug-likeness (QED) is 0.238. The molecule has 1 aromatic rings. The lowest BCUT2D eigenvalue weighted by Gasteiger charge is -2.18. The summed E-state index contributed by atoms with van der Waals surface area (Å²) in [5, 5.41) is 29.7. The third-order valence-corrected chi connectivity index (χ3v) is 3.74. The van der Waals surface area contributed by atoms with Crippen molar-refractivity contribution in [2.45, 2.75) is 31.3 Å². The fraction of sp³-hybridized carbons (Fsp3) is 0.357. The van der Waals surface area contributed by atoms with Crippen LogP contribution in [0.3, 0.4) is 0 Å². The predicted molar refractivity (Wildman–Crippen MR) is 88.9 cm³/mol. The minimum Gasteiger partial charge on any atom is -0.504 e. The van der Waals surface area contributed by atoms with Gasteiger partial charge in [0.05, 0.1) is 6.04 Å². The van der Waals surface area contributed by atoms with Crippen LogP contribution in [-0.2, 0) is 25.4 Å². The normalized spacial score (nSPS) is 13.4. The molecule has 1 aromatic carbocycles. The summed E-state index contributed by atoms with van der Waals surface area (Å²) in [5.41, 5.74) is 5.73. The Morgan fingerprint density at radius 2 is 1.85 bits per heavy atom. The zero-order valence-corrected chi connectivity index (χ0v) is 14.7. The van der Waals surface area contributed by atoms with Gasteiger partial charge in [-0.25, -0.2) is 9.36 Å². The maximum absolute atomic E-state index is 11.9. The highest BCUT2D eigenvalue weighted by molar-refractivity contribution is 7.46. The van der Waals surface area contributed by atoms with E-state index in [4.69, 9.17) is 20.6 Å². The number of hydrogen-bond donors (Lipinski definition) is 7. The van der Waals surface area contributed by atoms with Crippen LogP contribution in [0.25, 0.3) is 0 Å². The summed E-state index contributed by atoms with van der Waals surface area (Å²) in [6.45, 7) is 0. The van der Waals surface area contributed by atoms with Gasteiger partial charge in [-0.05, 0) is 24.1 Å². The summed E-state index contributed by atoms with van der Waals surface area (Å²) in [4.78, 5) is 51.1. The summed E-state index contributed by atoms with van der Waals surface area (Å²) >= 11 is 0. The van der Waals surface area contributed by atoms with Crippen LogP contribution in [0.1, 0.15) is 18.4 Å². The molecule has 0 fully saturated rings. The van der Waals surface area contributed by atoms with E-state index in [9.17, 15) is 29.2 Å². The molecule has 0 aliphatic rings. The zero-order valence-electron chi connectivity index (χ0n) is 13.8. The number of carbonyl (C=O) groups is 3. The Bertz CT molecular complexity index is 762. The lowest BCUT2D eigenvalue weighted by Crippen LogP contribution is -2.49. The van der Waals surface area contributed by atoms with E-state index in [-0.39, 0.29) is 24.8 Å². The van der Waals surface area contributed by atoms with Crippen LogP contribution in [-0.4, -0.2) is 55.0 Å². The molecule has 150 valence electrons. The van der Waals surface area contributed by atoms with Crippen LogP contribution in [0.5, 0.6) is 11.5 Å². The predicted octanol–water partition coefficient (Wildman–Crippen LogP) is -0.832. The van der Waals surface area contributed by atoms with Crippen LogP contribution in [0.15, 0.2) is 18.2 Å². The maximum Gasteiger partial charge on any atom is 0.524 e. The molecule has 0 aromatic heterocycles. The monoisotopic (exact) mass is 406 g/mol. The highest BCUT2D eigenvalue weighted by Crippen LogP contribution is 2.41. The molecule has 2 atom stereocenters. The lowest BCUT2D eigenvalue weighted by molar-refractivity contribution is -0.142. The maximum atomic E-state index is 11.9. The van der Waals surface area contributed by atoms with Crippen molar-refractivity contribution in [1.82, 2.24) is 5.32 Å². The van der Waals surface area contributed by atoms with Gasteiger partial charge in [0.1, 0.15) is 6.04 Å². The molecule has 0 aliphatic heterocycles. The van der Waals surface area contributed by atoms with E-state index in [1.54, 1.807) is 0 Å². The standard InChI is InChI=1S/C14H19N2O10P/c15-8(2-4-12(18)19)13(20)16-9(14(21)22)5-7-1-3-11(10(17)6-7)26-27(23,24)25/h1,3,6,8-9,17H,2,4-5,15H2,(H,16,20)(H,18,19)(H,21,22)(H2,23,24,25)/t8-,9-/m0/s1. The van der Waals surface area contributed by atoms with Crippen LogP contribution < -0.4 is 15.6 Å². The van der Waals surface area contributed by atoms with Gasteiger partial charge in [0.2, 0.25) is 5.91 Å². The third kappa shape index (κ3) is 8.05. The number of phenols is 1. The van der Waals surface area contributed by atoms with Crippen molar-refractivity contribution in [3.05, 3.63) is 23.8 Å². The zero-order chi connectivity index (χ0) is 20.8. The molecular weight excluding hydrogens is 387 g/mol. The number of rotatable bonds is 10. The Labute approximate surface area is 152 Å². The van der Waals surface area contributed by atoms with E-state index >= 15 is 0 Å².